The standard InChI is InChI=1S/C11H10F2N2O2/c12-6-4-7(13)9(5-8(6)14)15-10(16)2-1-3-11(15)17/h4-5H,1-3,14H2. The van der Waals surface area contributed by atoms with Gasteiger partial charge in [-0.05, 0) is 12.5 Å². The van der Waals surface area contributed by atoms with Gasteiger partial charge in [0.05, 0.1) is 11.4 Å². The highest BCUT2D eigenvalue weighted by Gasteiger charge is 2.29. The third-order valence-electron chi connectivity index (χ3n) is 2.59. The Kier molecular flexibility index (Phi) is 2.79. The number of nitrogens with two attached hydrogens (primary N) is 1. The van der Waals surface area contributed by atoms with E-state index in [1.54, 1.807) is 0 Å². The molecule has 2 amide bonds. The number of piperidine rings is 1. The number of anilines is 2. The molecule has 0 unspecified atom stereocenters. The van der Waals surface area contributed by atoms with E-state index in [-0.39, 0.29) is 24.2 Å². The maximum Gasteiger partial charge on any atom is 0.233 e. The number of amides is 2. The van der Waals surface area contributed by atoms with E-state index in [0.717, 1.165) is 11.0 Å². The molecule has 1 saturated heterocycles. The van der Waals surface area contributed by atoms with Gasteiger partial charge in [0, 0.05) is 18.9 Å². The van der Waals surface area contributed by atoms with E-state index in [1.165, 1.54) is 0 Å². The van der Waals surface area contributed by atoms with Crippen molar-refractivity contribution in [3.63, 3.8) is 0 Å². The summed E-state index contributed by atoms with van der Waals surface area (Å²) < 4.78 is 26.5. The smallest absolute Gasteiger partial charge is 0.233 e. The molecule has 0 aliphatic carbocycles. The minimum Gasteiger partial charge on any atom is -0.396 e. The van der Waals surface area contributed by atoms with E-state index in [9.17, 15) is 18.4 Å². The molecule has 0 radical (unpaired) electrons. The highest BCUT2D eigenvalue weighted by Crippen LogP contribution is 2.28. The van der Waals surface area contributed by atoms with Crippen LogP contribution in [0.5, 0.6) is 0 Å². The Labute approximate surface area is 96.0 Å². The summed E-state index contributed by atoms with van der Waals surface area (Å²) in [5.74, 6) is -2.87. The second kappa shape index (κ2) is 4.12. The van der Waals surface area contributed by atoms with Crippen LogP contribution in [0, 0.1) is 11.6 Å². The molecule has 0 saturated carbocycles. The van der Waals surface area contributed by atoms with Crippen LogP contribution in [0.2, 0.25) is 0 Å². The van der Waals surface area contributed by atoms with Gasteiger partial charge in [0.15, 0.2) is 0 Å². The normalized spacial score (nSPS) is 16.5. The van der Waals surface area contributed by atoms with Gasteiger partial charge in [-0.3, -0.25) is 9.59 Å². The van der Waals surface area contributed by atoms with Gasteiger partial charge in [-0.2, -0.15) is 0 Å². The van der Waals surface area contributed by atoms with Crippen molar-refractivity contribution in [2.45, 2.75) is 19.3 Å². The first-order valence-corrected chi connectivity index (χ1v) is 5.11. The molecule has 1 fully saturated rings. The zero-order chi connectivity index (χ0) is 12.6. The number of benzene rings is 1. The Morgan fingerprint density at radius 1 is 1.06 bits per heavy atom. The first-order chi connectivity index (χ1) is 8.00. The number of nitrogen functional groups attached to an aromatic ring is 1. The van der Waals surface area contributed by atoms with Crippen LogP contribution in [0.1, 0.15) is 19.3 Å². The van der Waals surface area contributed by atoms with Crippen molar-refractivity contribution in [3.05, 3.63) is 23.8 Å². The molecular weight excluding hydrogens is 230 g/mol. The summed E-state index contributed by atoms with van der Waals surface area (Å²) in [5, 5.41) is 0. The Morgan fingerprint density at radius 2 is 1.65 bits per heavy atom. The number of hydrogen-bond donors (Lipinski definition) is 1. The van der Waals surface area contributed by atoms with E-state index < -0.39 is 23.4 Å². The fourth-order valence-corrected chi connectivity index (χ4v) is 1.75. The van der Waals surface area contributed by atoms with E-state index in [2.05, 4.69) is 0 Å². The summed E-state index contributed by atoms with van der Waals surface area (Å²) in [5.41, 5.74) is 4.72. The maximum absolute atomic E-state index is 13.5. The largest absolute Gasteiger partial charge is 0.396 e. The number of hydrogen-bond acceptors (Lipinski definition) is 3. The molecular formula is C11H10F2N2O2. The molecule has 4 nitrogen and oxygen atoms in total. The van der Waals surface area contributed by atoms with Crippen LogP contribution in [0.3, 0.4) is 0 Å². The molecule has 1 aromatic rings. The monoisotopic (exact) mass is 240 g/mol. The van der Waals surface area contributed by atoms with Crippen LogP contribution >= 0.6 is 0 Å². The summed E-state index contributed by atoms with van der Waals surface area (Å²) in [6, 6.07) is 1.53. The molecule has 1 aromatic carbocycles. The van der Waals surface area contributed by atoms with Crippen LogP contribution in [-0.2, 0) is 9.59 Å². The zero-order valence-electron chi connectivity index (χ0n) is 8.87. The predicted octanol–water partition coefficient (Wildman–Crippen LogP) is 1.59. The molecule has 6 heteroatoms. The minimum absolute atomic E-state index is 0.169. The zero-order valence-corrected chi connectivity index (χ0v) is 8.87. The molecule has 1 aliphatic heterocycles. The topological polar surface area (TPSA) is 63.4 Å². The molecule has 0 bridgehead atoms. The van der Waals surface area contributed by atoms with Crippen LogP contribution in [-0.4, -0.2) is 11.8 Å². The highest BCUT2D eigenvalue weighted by atomic mass is 19.1. The van der Waals surface area contributed by atoms with Crippen molar-refractivity contribution in [1.82, 2.24) is 0 Å². The van der Waals surface area contributed by atoms with Crippen LogP contribution < -0.4 is 10.6 Å². The molecule has 0 atom stereocenters. The fraction of sp³-hybridized carbons (Fsp3) is 0.273. The molecule has 1 aliphatic rings. The number of rotatable bonds is 1. The van der Waals surface area contributed by atoms with Crippen molar-refractivity contribution >= 4 is 23.2 Å². The van der Waals surface area contributed by atoms with Crippen LogP contribution in [0.4, 0.5) is 20.2 Å². The predicted molar refractivity (Wildman–Crippen MR) is 57.1 cm³/mol. The molecule has 0 spiro atoms. The van der Waals surface area contributed by atoms with Gasteiger partial charge in [0.25, 0.3) is 0 Å². The molecule has 2 rings (SSSR count). The lowest BCUT2D eigenvalue weighted by Gasteiger charge is -2.25. The van der Waals surface area contributed by atoms with E-state index in [1.807, 2.05) is 0 Å². The van der Waals surface area contributed by atoms with Gasteiger partial charge in [0.2, 0.25) is 11.8 Å². The van der Waals surface area contributed by atoms with E-state index >= 15 is 0 Å². The van der Waals surface area contributed by atoms with Crippen molar-refractivity contribution in [1.29, 1.82) is 0 Å². The SMILES string of the molecule is Nc1cc(N2C(=O)CCCC2=O)c(F)cc1F. The Balaban J connectivity index is 2.48. The fourth-order valence-electron chi connectivity index (χ4n) is 1.75. The third-order valence-corrected chi connectivity index (χ3v) is 2.59. The number of imide groups is 1. The first kappa shape index (κ1) is 11.5. The first-order valence-electron chi connectivity index (χ1n) is 5.11. The van der Waals surface area contributed by atoms with Gasteiger partial charge < -0.3 is 5.73 Å². The summed E-state index contributed by atoms with van der Waals surface area (Å²) in [4.78, 5) is 23.8. The highest BCUT2D eigenvalue weighted by molar-refractivity contribution is 6.16. The Morgan fingerprint density at radius 3 is 2.24 bits per heavy atom. The number of carbonyl (C=O) groups is 2. The lowest BCUT2D eigenvalue weighted by atomic mass is 10.1. The van der Waals surface area contributed by atoms with E-state index in [0.29, 0.717) is 12.5 Å². The van der Waals surface area contributed by atoms with Crippen molar-refractivity contribution in [3.8, 4) is 0 Å². The maximum atomic E-state index is 13.5. The Hall–Kier alpha value is -1.98. The van der Waals surface area contributed by atoms with E-state index in [4.69, 9.17) is 5.73 Å². The number of halogens is 2. The Bertz CT molecular complexity index is 486. The van der Waals surface area contributed by atoms with Gasteiger partial charge in [-0.1, -0.05) is 0 Å². The molecule has 17 heavy (non-hydrogen) atoms. The third kappa shape index (κ3) is 1.98. The van der Waals surface area contributed by atoms with Gasteiger partial charge in [-0.25, -0.2) is 13.7 Å². The van der Waals surface area contributed by atoms with Gasteiger partial charge in [-0.15, -0.1) is 0 Å². The van der Waals surface area contributed by atoms with Crippen molar-refractivity contribution < 1.29 is 18.4 Å². The molecule has 90 valence electrons. The lowest BCUT2D eigenvalue weighted by molar-refractivity contribution is -0.129. The van der Waals surface area contributed by atoms with Crippen LogP contribution in [0.15, 0.2) is 12.1 Å². The number of carbonyl (C=O) groups excluding carboxylic acids is 2. The summed E-state index contributed by atoms with van der Waals surface area (Å²) in [7, 11) is 0. The molecule has 0 aromatic heterocycles. The average Bonchev–Trinajstić information content (AvgIpc) is 2.25. The lowest BCUT2D eigenvalue weighted by Crippen LogP contribution is -2.40. The summed E-state index contributed by atoms with van der Waals surface area (Å²) >= 11 is 0. The van der Waals surface area contributed by atoms with Crippen molar-refractivity contribution in [2.75, 3.05) is 10.6 Å². The average molecular weight is 240 g/mol. The van der Waals surface area contributed by atoms with Gasteiger partial charge in [0.1, 0.15) is 11.6 Å². The summed E-state index contributed by atoms with van der Waals surface area (Å²) in [6.07, 6.45) is 0.789. The van der Waals surface area contributed by atoms with Gasteiger partial charge >= 0.3 is 0 Å². The minimum atomic E-state index is -0.972. The number of nitrogens with zero attached hydrogens (tertiary/aromatic N) is 1. The summed E-state index contributed by atoms with van der Waals surface area (Å²) in [6.45, 7) is 0. The van der Waals surface area contributed by atoms with Crippen LogP contribution in [0.25, 0.3) is 0 Å². The molecule has 1 heterocycles. The quantitative estimate of drug-likeness (QED) is 0.599. The van der Waals surface area contributed by atoms with Crippen molar-refractivity contribution in [2.24, 2.45) is 0 Å². The second-order valence-electron chi connectivity index (χ2n) is 3.80. The molecule has 2 N–H and O–H groups in total. The second-order valence-corrected chi connectivity index (χ2v) is 3.80.